The minimum absolute atomic E-state index is 0.229. The third-order valence-corrected chi connectivity index (χ3v) is 4.99. The minimum Gasteiger partial charge on any atom is -0.444 e. The Bertz CT molecular complexity index is 843. The number of nitrogens with zero attached hydrogens (tertiary/aromatic N) is 3. The molecule has 0 bridgehead atoms. The van der Waals surface area contributed by atoms with Gasteiger partial charge in [0, 0.05) is 37.0 Å². The minimum atomic E-state index is -0.463. The maximum absolute atomic E-state index is 12.2. The van der Waals surface area contributed by atoms with Crippen molar-refractivity contribution in [1.29, 1.82) is 0 Å². The number of carbonyl (C=O) groups excluding carboxylic acids is 2. The molecular weight excluding hydrogens is 354 g/mol. The molecule has 6 nitrogen and oxygen atoms in total. The predicted molar refractivity (Wildman–Crippen MR) is 108 cm³/mol. The van der Waals surface area contributed by atoms with E-state index >= 15 is 0 Å². The number of benzene rings is 1. The lowest BCUT2D eigenvalue weighted by atomic mass is 9.97. The van der Waals surface area contributed by atoms with Crippen LogP contribution in [0.3, 0.4) is 0 Å². The number of aryl methyl sites for hydroxylation is 1. The largest absolute Gasteiger partial charge is 0.444 e. The highest BCUT2D eigenvalue weighted by Crippen LogP contribution is 2.25. The number of rotatable bonds is 4. The molecule has 28 heavy (non-hydrogen) atoms. The summed E-state index contributed by atoms with van der Waals surface area (Å²) in [5.41, 5.74) is 3.20. The van der Waals surface area contributed by atoms with Gasteiger partial charge in [0.25, 0.3) is 0 Å². The molecule has 2 aromatic rings. The van der Waals surface area contributed by atoms with Crippen LogP contribution in [0.4, 0.5) is 4.79 Å². The number of hydrogen-bond donors (Lipinski definition) is 0. The summed E-state index contributed by atoms with van der Waals surface area (Å²) >= 11 is 0. The fourth-order valence-electron chi connectivity index (χ4n) is 3.51. The van der Waals surface area contributed by atoms with E-state index in [1.807, 2.05) is 63.0 Å². The van der Waals surface area contributed by atoms with Crippen LogP contribution in [0.2, 0.25) is 0 Å². The maximum Gasteiger partial charge on any atom is 0.410 e. The standard InChI is InChI=1S/C22H29N3O3/c1-16-5-6-18(15-26)20(11-16)19-12-23-25(14-19)13-17-7-9-24(10-8-17)21(27)28-22(2,3)4/h5-6,11-12,14-15,17H,7-10,13H2,1-4H3. The quantitative estimate of drug-likeness (QED) is 0.738. The van der Waals surface area contributed by atoms with E-state index in [4.69, 9.17) is 4.74 Å². The molecule has 1 fully saturated rings. The lowest BCUT2D eigenvalue weighted by Gasteiger charge is -2.33. The molecule has 0 N–H and O–H groups in total. The van der Waals surface area contributed by atoms with E-state index in [0.29, 0.717) is 24.6 Å². The van der Waals surface area contributed by atoms with Crippen LogP contribution in [0, 0.1) is 12.8 Å². The summed E-state index contributed by atoms with van der Waals surface area (Å²) in [6, 6.07) is 5.81. The van der Waals surface area contributed by atoms with Crippen molar-refractivity contribution in [1.82, 2.24) is 14.7 Å². The molecule has 6 heteroatoms. The van der Waals surface area contributed by atoms with Crippen LogP contribution in [-0.2, 0) is 11.3 Å². The smallest absolute Gasteiger partial charge is 0.410 e. The maximum atomic E-state index is 12.2. The van der Waals surface area contributed by atoms with Gasteiger partial charge in [-0.15, -0.1) is 0 Å². The van der Waals surface area contributed by atoms with Gasteiger partial charge in [-0.1, -0.05) is 23.8 Å². The molecule has 1 aromatic heterocycles. The van der Waals surface area contributed by atoms with E-state index in [-0.39, 0.29) is 6.09 Å². The average Bonchev–Trinajstić information content (AvgIpc) is 3.09. The van der Waals surface area contributed by atoms with Crippen molar-refractivity contribution in [3.05, 3.63) is 41.7 Å². The van der Waals surface area contributed by atoms with E-state index in [0.717, 1.165) is 42.4 Å². The Morgan fingerprint density at radius 2 is 2.00 bits per heavy atom. The molecule has 150 valence electrons. The fraction of sp³-hybridized carbons (Fsp3) is 0.500. The van der Waals surface area contributed by atoms with Crippen LogP contribution in [0.1, 0.15) is 49.5 Å². The van der Waals surface area contributed by atoms with Crippen LogP contribution in [-0.4, -0.2) is 45.8 Å². The first-order valence-electron chi connectivity index (χ1n) is 9.82. The van der Waals surface area contributed by atoms with Crippen molar-refractivity contribution in [2.75, 3.05) is 13.1 Å². The van der Waals surface area contributed by atoms with Crippen LogP contribution < -0.4 is 0 Å². The predicted octanol–water partition coefficient (Wildman–Crippen LogP) is 4.32. The summed E-state index contributed by atoms with van der Waals surface area (Å²) < 4.78 is 7.40. The van der Waals surface area contributed by atoms with E-state index < -0.39 is 5.60 Å². The monoisotopic (exact) mass is 383 g/mol. The van der Waals surface area contributed by atoms with E-state index in [9.17, 15) is 9.59 Å². The van der Waals surface area contributed by atoms with E-state index in [2.05, 4.69) is 5.10 Å². The van der Waals surface area contributed by atoms with Gasteiger partial charge in [0.05, 0.1) is 6.20 Å². The second-order valence-electron chi connectivity index (χ2n) is 8.57. The molecule has 0 unspecified atom stereocenters. The van der Waals surface area contributed by atoms with Crippen molar-refractivity contribution in [2.45, 2.75) is 52.7 Å². The first kappa shape index (κ1) is 20.1. The zero-order chi connectivity index (χ0) is 20.3. The average molecular weight is 383 g/mol. The number of likely N-dealkylation sites (tertiary alicyclic amines) is 1. The molecule has 0 aliphatic carbocycles. The Hall–Kier alpha value is -2.63. The van der Waals surface area contributed by atoms with Crippen LogP contribution >= 0.6 is 0 Å². The summed E-state index contributed by atoms with van der Waals surface area (Å²) in [7, 11) is 0. The third kappa shape index (κ3) is 5.00. The zero-order valence-corrected chi connectivity index (χ0v) is 17.1. The Balaban J connectivity index is 1.59. The fourth-order valence-corrected chi connectivity index (χ4v) is 3.51. The second-order valence-corrected chi connectivity index (χ2v) is 8.57. The van der Waals surface area contributed by atoms with Gasteiger partial charge < -0.3 is 9.64 Å². The van der Waals surface area contributed by atoms with Gasteiger partial charge in [-0.2, -0.15) is 5.10 Å². The molecule has 1 aliphatic heterocycles. The second kappa shape index (κ2) is 8.17. The highest BCUT2D eigenvalue weighted by atomic mass is 16.6. The lowest BCUT2D eigenvalue weighted by Crippen LogP contribution is -2.42. The van der Waals surface area contributed by atoms with Gasteiger partial charge >= 0.3 is 6.09 Å². The molecule has 0 radical (unpaired) electrons. The molecule has 1 saturated heterocycles. The van der Waals surface area contributed by atoms with E-state index in [1.165, 1.54) is 0 Å². The molecular formula is C22H29N3O3. The zero-order valence-electron chi connectivity index (χ0n) is 17.1. The first-order chi connectivity index (χ1) is 13.2. The highest BCUT2D eigenvalue weighted by molar-refractivity contribution is 5.87. The number of amides is 1. The van der Waals surface area contributed by atoms with Crippen molar-refractivity contribution in [3.63, 3.8) is 0 Å². The summed E-state index contributed by atoms with van der Waals surface area (Å²) in [4.78, 5) is 25.3. The number of hydrogen-bond acceptors (Lipinski definition) is 4. The Kier molecular flexibility index (Phi) is 5.87. The summed E-state index contributed by atoms with van der Waals surface area (Å²) in [6.45, 7) is 9.90. The summed E-state index contributed by atoms with van der Waals surface area (Å²) in [5, 5.41) is 4.49. The van der Waals surface area contributed by atoms with Crippen LogP contribution in [0.15, 0.2) is 30.6 Å². The number of piperidine rings is 1. The molecule has 0 saturated carbocycles. The molecule has 0 atom stereocenters. The number of aldehydes is 1. The number of ether oxygens (including phenoxy) is 1. The number of carbonyl (C=O) groups is 2. The van der Waals surface area contributed by atoms with Crippen LogP contribution in [0.25, 0.3) is 11.1 Å². The van der Waals surface area contributed by atoms with Crippen molar-refractivity contribution < 1.29 is 14.3 Å². The summed E-state index contributed by atoms with van der Waals surface area (Å²) in [6.07, 6.45) is 6.34. The molecule has 1 aromatic carbocycles. The van der Waals surface area contributed by atoms with Crippen LogP contribution in [0.5, 0.6) is 0 Å². The van der Waals surface area contributed by atoms with Gasteiger partial charge in [0.1, 0.15) is 5.60 Å². The molecule has 1 amide bonds. The number of aromatic nitrogens is 2. The van der Waals surface area contributed by atoms with Crippen molar-refractivity contribution in [2.24, 2.45) is 5.92 Å². The molecule has 1 aliphatic rings. The van der Waals surface area contributed by atoms with Crippen molar-refractivity contribution in [3.8, 4) is 11.1 Å². The molecule has 2 heterocycles. The molecule has 3 rings (SSSR count). The van der Waals surface area contributed by atoms with Gasteiger partial charge in [0.2, 0.25) is 0 Å². The van der Waals surface area contributed by atoms with E-state index in [1.54, 1.807) is 4.90 Å². The van der Waals surface area contributed by atoms with Gasteiger partial charge in [-0.3, -0.25) is 9.48 Å². The highest BCUT2D eigenvalue weighted by Gasteiger charge is 2.27. The Labute approximate surface area is 166 Å². The molecule has 0 spiro atoms. The van der Waals surface area contributed by atoms with Gasteiger partial charge in [-0.25, -0.2) is 4.79 Å². The topological polar surface area (TPSA) is 64.4 Å². The first-order valence-corrected chi connectivity index (χ1v) is 9.82. The Morgan fingerprint density at radius 1 is 1.29 bits per heavy atom. The lowest BCUT2D eigenvalue weighted by molar-refractivity contribution is 0.0177. The van der Waals surface area contributed by atoms with Gasteiger partial charge in [0.15, 0.2) is 6.29 Å². The SMILES string of the molecule is Cc1ccc(C=O)c(-c2cnn(CC3CCN(C(=O)OC(C)(C)C)CC3)c2)c1. The summed E-state index contributed by atoms with van der Waals surface area (Å²) in [5.74, 6) is 0.467. The normalized spacial score (nSPS) is 15.5. The van der Waals surface area contributed by atoms with Crippen molar-refractivity contribution >= 4 is 12.4 Å². The van der Waals surface area contributed by atoms with Gasteiger partial charge in [-0.05, 0) is 52.0 Å². The Morgan fingerprint density at radius 3 is 2.64 bits per heavy atom. The third-order valence-electron chi connectivity index (χ3n) is 4.99.